The summed E-state index contributed by atoms with van der Waals surface area (Å²) in [7, 11) is -3.57. The van der Waals surface area contributed by atoms with Gasteiger partial charge < -0.3 is 0 Å². The van der Waals surface area contributed by atoms with Crippen molar-refractivity contribution in [2.75, 3.05) is 0 Å². The molecule has 1 atom stereocenters. The smallest absolute Gasteiger partial charge is 0.184 e. The summed E-state index contributed by atoms with van der Waals surface area (Å²) in [5.41, 5.74) is 0.467. The van der Waals surface area contributed by atoms with E-state index in [0.717, 1.165) is 12.5 Å². The second kappa shape index (κ2) is 5.75. The molecule has 1 heterocycles. The first-order valence-corrected chi connectivity index (χ1v) is 8.10. The maximum Gasteiger partial charge on any atom is 0.184 e. The van der Waals surface area contributed by atoms with Gasteiger partial charge in [-0.2, -0.15) is 5.10 Å². The lowest BCUT2D eigenvalue weighted by atomic mass is 10.3. The van der Waals surface area contributed by atoms with E-state index in [4.69, 9.17) is 0 Å². The van der Waals surface area contributed by atoms with E-state index in [0.29, 0.717) is 5.69 Å². The number of hydrogen-bond acceptors (Lipinski definition) is 3. The number of rotatable bonds is 5. The van der Waals surface area contributed by atoms with Crippen LogP contribution in [0.15, 0.2) is 41.4 Å². The van der Waals surface area contributed by atoms with E-state index in [9.17, 15) is 12.8 Å². The number of benzene rings is 1. The SMILES string of the molecule is CCC(C)n1ccc(CS(=O)(=O)c2cccc(F)c2)n1. The predicted molar refractivity (Wildman–Crippen MR) is 74.5 cm³/mol. The van der Waals surface area contributed by atoms with Crippen molar-refractivity contribution in [2.45, 2.75) is 37.0 Å². The van der Waals surface area contributed by atoms with E-state index < -0.39 is 15.7 Å². The molecule has 0 aliphatic heterocycles. The van der Waals surface area contributed by atoms with Gasteiger partial charge in [0.15, 0.2) is 9.84 Å². The van der Waals surface area contributed by atoms with Gasteiger partial charge in [-0.3, -0.25) is 4.68 Å². The standard InChI is InChI=1S/C14H17FN2O2S/c1-3-11(2)17-8-7-13(16-17)10-20(18,19)14-6-4-5-12(15)9-14/h4-9,11H,3,10H2,1-2H3. The molecular formula is C14H17FN2O2S. The van der Waals surface area contributed by atoms with Crippen LogP contribution >= 0.6 is 0 Å². The van der Waals surface area contributed by atoms with Gasteiger partial charge in [0.2, 0.25) is 0 Å². The van der Waals surface area contributed by atoms with Crippen molar-refractivity contribution in [3.05, 3.63) is 48.0 Å². The minimum atomic E-state index is -3.57. The molecule has 1 aromatic heterocycles. The number of nitrogens with zero attached hydrogens (tertiary/aromatic N) is 2. The van der Waals surface area contributed by atoms with Crippen LogP contribution in [0.4, 0.5) is 4.39 Å². The third kappa shape index (κ3) is 3.25. The van der Waals surface area contributed by atoms with Gasteiger partial charge in [-0.15, -0.1) is 0 Å². The Labute approximate surface area is 118 Å². The first-order chi connectivity index (χ1) is 9.42. The molecule has 2 rings (SSSR count). The van der Waals surface area contributed by atoms with Crippen LogP contribution in [0.1, 0.15) is 32.0 Å². The Kier molecular flexibility index (Phi) is 4.23. The molecule has 0 amide bonds. The molecule has 0 spiro atoms. The van der Waals surface area contributed by atoms with Crippen molar-refractivity contribution in [2.24, 2.45) is 0 Å². The maximum absolute atomic E-state index is 13.1. The van der Waals surface area contributed by atoms with Crippen LogP contribution in [0.25, 0.3) is 0 Å². The molecule has 2 aromatic rings. The van der Waals surface area contributed by atoms with Crippen molar-refractivity contribution in [1.82, 2.24) is 9.78 Å². The molecule has 1 aromatic carbocycles. The Hall–Kier alpha value is -1.69. The second-order valence-corrected chi connectivity index (χ2v) is 6.75. The van der Waals surface area contributed by atoms with E-state index in [2.05, 4.69) is 5.10 Å². The fourth-order valence-electron chi connectivity index (χ4n) is 1.83. The number of sulfone groups is 1. The molecular weight excluding hydrogens is 279 g/mol. The molecule has 0 bridgehead atoms. The van der Waals surface area contributed by atoms with Crippen LogP contribution in [0.2, 0.25) is 0 Å². The van der Waals surface area contributed by atoms with E-state index in [-0.39, 0.29) is 16.7 Å². The minimum absolute atomic E-state index is 0.0180. The summed E-state index contributed by atoms with van der Waals surface area (Å²) in [4.78, 5) is -0.0180. The van der Waals surface area contributed by atoms with Gasteiger partial charge in [-0.25, -0.2) is 12.8 Å². The molecule has 20 heavy (non-hydrogen) atoms. The van der Waals surface area contributed by atoms with Gasteiger partial charge >= 0.3 is 0 Å². The van der Waals surface area contributed by atoms with Crippen molar-refractivity contribution in [3.8, 4) is 0 Å². The molecule has 0 aliphatic carbocycles. The van der Waals surface area contributed by atoms with Crippen molar-refractivity contribution >= 4 is 9.84 Å². The number of halogens is 1. The van der Waals surface area contributed by atoms with Crippen LogP contribution in [0.5, 0.6) is 0 Å². The predicted octanol–water partition coefficient (Wildman–Crippen LogP) is 2.97. The fourth-order valence-corrected chi connectivity index (χ4v) is 3.11. The average molecular weight is 296 g/mol. The summed E-state index contributed by atoms with van der Waals surface area (Å²) >= 11 is 0. The summed E-state index contributed by atoms with van der Waals surface area (Å²) in [6, 6.07) is 6.94. The topological polar surface area (TPSA) is 52.0 Å². The summed E-state index contributed by atoms with van der Waals surface area (Å²) < 4.78 is 39.2. The summed E-state index contributed by atoms with van der Waals surface area (Å²) in [6.45, 7) is 4.05. The van der Waals surface area contributed by atoms with Gasteiger partial charge in [0.1, 0.15) is 5.82 Å². The lowest BCUT2D eigenvalue weighted by Gasteiger charge is -2.08. The lowest BCUT2D eigenvalue weighted by molar-refractivity contribution is 0.475. The highest BCUT2D eigenvalue weighted by molar-refractivity contribution is 7.90. The van der Waals surface area contributed by atoms with Crippen molar-refractivity contribution < 1.29 is 12.8 Å². The van der Waals surface area contributed by atoms with Gasteiger partial charge in [0.25, 0.3) is 0 Å². The number of hydrogen-bond donors (Lipinski definition) is 0. The van der Waals surface area contributed by atoms with Crippen LogP contribution in [-0.2, 0) is 15.6 Å². The van der Waals surface area contributed by atoms with E-state index in [1.54, 1.807) is 16.9 Å². The van der Waals surface area contributed by atoms with Crippen molar-refractivity contribution in [3.63, 3.8) is 0 Å². The number of aromatic nitrogens is 2. The maximum atomic E-state index is 13.1. The average Bonchev–Trinajstić information content (AvgIpc) is 2.85. The van der Waals surface area contributed by atoms with E-state index in [1.807, 2.05) is 13.8 Å². The molecule has 1 unspecified atom stereocenters. The monoisotopic (exact) mass is 296 g/mol. The molecule has 4 nitrogen and oxygen atoms in total. The van der Waals surface area contributed by atoms with Crippen LogP contribution < -0.4 is 0 Å². The highest BCUT2D eigenvalue weighted by atomic mass is 32.2. The molecule has 0 aliphatic rings. The lowest BCUT2D eigenvalue weighted by Crippen LogP contribution is -2.08. The largest absolute Gasteiger partial charge is 0.270 e. The van der Waals surface area contributed by atoms with Crippen LogP contribution in [0, 0.1) is 5.82 Å². The molecule has 0 saturated carbocycles. The molecule has 0 fully saturated rings. The van der Waals surface area contributed by atoms with Gasteiger partial charge in [0.05, 0.1) is 16.3 Å². The van der Waals surface area contributed by atoms with E-state index in [1.165, 1.54) is 18.2 Å². The Bertz CT molecular complexity index is 695. The van der Waals surface area contributed by atoms with Crippen LogP contribution in [0.3, 0.4) is 0 Å². The third-order valence-corrected chi connectivity index (χ3v) is 4.85. The van der Waals surface area contributed by atoms with Gasteiger partial charge in [-0.05, 0) is 37.6 Å². The minimum Gasteiger partial charge on any atom is -0.270 e. The quantitative estimate of drug-likeness (QED) is 0.852. The highest BCUT2D eigenvalue weighted by Gasteiger charge is 2.18. The first-order valence-electron chi connectivity index (χ1n) is 6.44. The summed E-state index contributed by atoms with van der Waals surface area (Å²) in [5, 5.41) is 4.26. The Morgan fingerprint density at radius 2 is 2.10 bits per heavy atom. The zero-order valence-corrected chi connectivity index (χ0v) is 12.3. The highest BCUT2D eigenvalue weighted by Crippen LogP contribution is 2.17. The Morgan fingerprint density at radius 3 is 2.75 bits per heavy atom. The second-order valence-electron chi connectivity index (χ2n) is 4.76. The Balaban J connectivity index is 2.22. The molecule has 108 valence electrons. The van der Waals surface area contributed by atoms with Gasteiger partial charge in [-0.1, -0.05) is 13.0 Å². The summed E-state index contributed by atoms with van der Waals surface area (Å²) in [5.74, 6) is -0.781. The zero-order valence-electron chi connectivity index (χ0n) is 11.5. The van der Waals surface area contributed by atoms with Gasteiger partial charge in [0, 0.05) is 12.2 Å². The molecule has 0 saturated heterocycles. The van der Waals surface area contributed by atoms with Crippen LogP contribution in [-0.4, -0.2) is 18.2 Å². The molecule has 6 heteroatoms. The summed E-state index contributed by atoms with van der Waals surface area (Å²) in [6.07, 6.45) is 2.68. The zero-order chi connectivity index (χ0) is 14.8. The third-order valence-electron chi connectivity index (χ3n) is 3.20. The van der Waals surface area contributed by atoms with E-state index >= 15 is 0 Å². The first kappa shape index (κ1) is 14.7. The van der Waals surface area contributed by atoms with Crippen molar-refractivity contribution in [1.29, 1.82) is 0 Å². The fraction of sp³-hybridized carbons (Fsp3) is 0.357. The normalized spacial score (nSPS) is 13.3. The molecule has 0 radical (unpaired) electrons. The Morgan fingerprint density at radius 1 is 1.35 bits per heavy atom. The molecule has 0 N–H and O–H groups in total.